The molecule has 2 heterocycles. The van der Waals surface area contributed by atoms with Gasteiger partial charge in [0.15, 0.2) is 0 Å². The second-order valence-electron chi connectivity index (χ2n) is 7.93. The summed E-state index contributed by atoms with van der Waals surface area (Å²) in [7, 11) is 1.94. The number of thioether (sulfide) groups is 1. The number of ether oxygens (including phenoxy) is 2. The normalized spacial score (nSPS) is 14.6. The number of amides is 2. The average molecular weight is 547 g/mol. The van der Waals surface area contributed by atoms with Gasteiger partial charge in [-0.3, -0.25) is 14.9 Å². The number of carbonyl (C=O) groups excluding carboxylic acids is 2. The first kappa shape index (κ1) is 27.2. The third-order valence-corrected chi connectivity index (χ3v) is 6.52. The maximum atomic E-state index is 11.7. The largest absolute Gasteiger partial charge is 0.486 e. The number of aryl methyl sites for hydroxylation is 1. The number of nitrogens with two attached hydrogens (primary N) is 1. The molecule has 188 valence electrons. The van der Waals surface area contributed by atoms with Crippen molar-refractivity contribution in [3.05, 3.63) is 78.1 Å². The van der Waals surface area contributed by atoms with Crippen LogP contribution in [-0.2, 0) is 24.9 Å². The second-order valence-corrected chi connectivity index (χ2v) is 9.10. The van der Waals surface area contributed by atoms with Crippen LogP contribution in [0.4, 0.5) is 10.5 Å². The number of imidazole rings is 1. The van der Waals surface area contributed by atoms with Crippen LogP contribution in [0.15, 0.2) is 66.7 Å². The summed E-state index contributed by atoms with van der Waals surface area (Å²) >= 11 is 1.03. The number of imide groups is 1. The maximum Gasteiger partial charge on any atom is 0.286 e. The number of aromatic nitrogens is 2. The third-order valence-electron chi connectivity index (χ3n) is 5.54. The van der Waals surface area contributed by atoms with Crippen LogP contribution in [0.2, 0.25) is 0 Å². The lowest BCUT2D eigenvalue weighted by Gasteiger charge is -2.09. The molecule has 1 fully saturated rings. The summed E-state index contributed by atoms with van der Waals surface area (Å²) in [4.78, 5) is 27.7. The highest BCUT2D eigenvalue weighted by molar-refractivity contribution is 8.15. The predicted molar refractivity (Wildman–Crippen MR) is 146 cm³/mol. The summed E-state index contributed by atoms with van der Waals surface area (Å²) in [5.41, 5.74) is 9.17. The minimum absolute atomic E-state index is 0. The SMILES string of the molecule is Cl.Cl.Cn1c(COc2ccc(CC3SC(=O)NC3=O)cc2)nc2ccc(Oc3ccc(N)cc3)cc21. The van der Waals surface area contributed by atoms with E-state index in [4.69, 9.17) is 15.2 Å². The zero-order valence-corrected chi connectivity index (χ0v) is 21.6. The van der Waals surface area contributed by atoms with E-state index in [0.717, 1.165) is 34.2 Å². The molecule has 4 aromatic rings. The van der Waals surface area contributed by atoms with Gasteiger partial charge >= 0.3 is 0 Å². The molecule has 2 amide bonds. The fraction of sp³-hybridized carbons (Fsp3) is 0.160. The number of hydrogen-bond donors (Lipinski definition) is 2. The first-order chi connectivity index (χ1) is 16.4. The molecule has 0 bridgehead atoms. The van der Waals surface area contributed by atoms with Gasteiger partial charge in [-0.15, -0.1) is 24.8 Å². The van der Waals surface area contributed by atoms with E-state index in [1.54, 1.807) is 12.1 Å². The van der Waals surface area contributed by atoms with E-state index >= 15 is 0 Å². The first-order valence-electron chi connectivity index (χ1n) is 10.7. The van der Waals surface area contributed by atoms with E-state index in [9.17, 15) is 9.59 Å². The van der Waals surface area contributed by atoms with Crippen molar-refractivity contribution in [2.24, 2.45) is 7.05 Å². The summed E-state index contributed by atoms with van der Waals surface area (Å²) in [6.45, 7) is 0.300. The van der Waals surface area contributed by atoms with Crippen LogP contribution in [0, 0.1) is 0 Å². The fourth-order valence-corrected chi connectivity index (χ4v) is 4.56. The van der Waals surface area contributed by atoms with Crippen LogP contribution in [0.3, 0.4) is 0 Å². The number of fused-ring (bicyclic) bond motifs is 1. The molecule has 1 aliphatic rings. The molecule has 0 saturated carbocycles. The smallest absolute Gasteiger partial charge is 0.286 e. The number of carbonyl (C=O) groups is 2. The number of rotatable bonds is 7. The van der Waals surface area contributed by atoms with Gasteiger partial charge in [0, 0.05) is 18.8 Å². The zero-order chi connectivity index (χ0) is 23.7. The summed E-state index contributed by atoms with van der Waals surface area (Å²) < 4.78 is 13.8. The summed E-state index contributed by atoms with van der Waals surface area (Å²) in [6, 6.07) is 20.5. The molecule has 1 saturated heterocycles. The van der Waals surface area contributed by atoms with Gasteiger partial charge in [0.05, 0.1) is 16.3 Å². The van der Waals surface area contributed by atoms with Crippen LogP contribution in [0.25, 0.3) is 11.0 Å². The Balaban J connectivity index is 0.00000180. The fourth-order valence-electron chi connectivity index (χ4n) is 3.70. The monoisotopic (exact) mass is 546 g/mol. The maximum absolute atomic E-state index is 11.7. The Bertz CT molecular complexity index is 1380. The number of anilines is 1. The minimum atomic E-state index is -0.381. The van der Waals surface area contributed by atoms with Gasteiger partial charge in [0.25, 0.3) is 5.24 Å². The van der Waals surface area contributed by atoms with Gasteiger partial charge < -0.3 is 19.8 Å². The topological polar surface area (TPSA) is 108 Å². The zero-order valence-electron chi connectivity index (χ0n) is 19.2. The molecule has 3 aromatic carbocycles. The summed E-state index contributed by atoms with van der Waals surface area (Å²) in [5.74, 6) is 2.66. The molecule has 5 rings (SSSR count). The van der Waals surface area contributed by atoms with Gasteiger partial charge in [-0.25, -0.2) is 4.98 Å². The quantitative estimate of drug-likeness (QED) is 0.304. The van der Waals surface area contributed by atoms with Crippen molar-refractivity contribution in [2.45, 2.75) is 18.3 Å². The molecule has 11 heteroatoms. The molecule has 1 aliphatic heterocycles. The summed E-state index contributed by atoms with van der Waals surface area (Å²) in [5, 5.41) is 1.64. The Morgan fingerprint density at radius 3 is 2.31 bits per heavy atom. The second kappa shape index (κ2) is 11.6. The van der Waals surface area contributed by atoms with E-state index in [-0.39, 0.29) is 41.2 Å². The van der Waals surface area contributed by atoms with Crippen LogP contribution in [-0.4, -0.2) is 25.9 Å². The lowest BCUT2D eigenvalue weighted by atomic mass is 10.1. The molecular weight excluding hydrogens is 523 g/mol. The van der Waals surface area contributed by atoms with E-state index in [1.165, 1.54) is 0 Å². The van der Waals surface area contributed by atoms with E-state index < -0.39 is 0 Å². The molecule has 8 nitrogen and oxygen atoms in total. The standard InChI is InChI=1S/C25H22N4O4S.2ClH/c1-29-21-13-19(33-18-8-4-16(26)5-9-18)10-11-20(21)27-23(29)14-32-17-6-2-15(3-7-17)12-22-24(30)28-25(31)34-22;;/h2-11,13,22H,12,14,26H2,1H3,(H,28,30,31);2*1H. The van der Waals surface area contributed by atoms with Gasteiger partial charge in [-0.2, -0.15) is 0 Å². The number of nitrogen functional groups attached to an aromatic ring is 1. The molecule has 1 unspecified atom stereocenters. The van der Waals surface area contributed by atoms with E-state index in [2.05, 4.69) is 10.3 Å². The van der Waals surface area contributed by atoms with Crippen LogP contribution in [0.5, 0.6) is 17.2 Å². The number of nitrogens with zero attached hydrogens (tertiary/aromatic N) is 2. The summed E-state index contributed by atoms with van der Waals surface area (Å²) in [6.07, 6.45) is 0.494. The number of halogens is 2. The van der Waals surface area contributed by atoms with Crippen molar-refractivity contribution in [2.75, 3.05) is 5.73 Å². The van der Waals surface area contributed by atoms with Crippen LogP contribution in [0.1, 0.15) is 11.4 Å². The van der Waals surface area contributed by atoms with Crippen molar-refractivity contribution < 1.29 is 19.1 Å². The Morgan fingerprint density at radius 2 is 1.64 bits per heavy atom. The minimum Gasteiger partial charge on any atom is -0.486 e. The Labute approximate surface area is 224 Å². The highest BCUT2D eigenvalue weighted by Crippen LogP contribution is 2.27. The van der Waals surface area contributed by atoms with Gasteiger partial charge in [0.1, 0.15) is 29.7 Å². The Morgan fingerprint density at radius 1 is 0.972 bits per heavy atom. The molecule has 1 aromatic heterocycles. The van der Waals surface area contributed by atoms with E-state index in [0.29, 0.717) is 36.0 Å². The van der Waals surface area contributed by atoms with Gasteiger partial charge in [-0.1, -0.05) is 23.9 Å². The molecule has 0 aliphatic carbocycles. The van der Waals surface area contributed by atoms with Crippen LogP contribution < -0.4 is 20.5 Å². The molecule has 3 N–H and O–H groups in total. The van der Waals surface area contributed by atoms with E-state index in [1.807, 2.05) is 66.2 Å². The Hall–Kier alpha value is -3.40. The Kier molecular flexibility index (Phi) is 8.73. The highest BCUT2D eigenvalue weighted by Gasteiger charge is 2.31. The highest BCUT2D eigenvalue weighted by atomic mass is 35.5. The lowest BCUT2D eigenvalue weighted by molar-refractivity contribution is -0.118. The van der Waals surface area contributed by atoms with Crippen molar-refractivity contribution in [3.63, 3.8) is 0 Å². The average Bonchev–Trinajstić information content (AvgIpc) is 3.32. The first-order valence-corrected chi connectivity index (χ1v) is 11.5. The van der Waals surface area contributed by atoms with Crippen molar-refractivity contribution in [3.8, 4) is 17.2 Å². The molecular formula is C25H24Cl2N4O4S. The predicted octanol–water partition coefficient (Wildman–Crippen LogP) is 5.26. The third kappa shape index (κ3) is 6.04. The number of nitrogens with one attached hydrogen (secondary N) is 1. The lowest BCUT2D eigenvalue weighted by Crippen LogP contribution is -2.25. The molecule has 0 radical (unpaired) electrons. The van der Waals surface area contributed by atoms with Crippen molar-refractivity contribution in [1.82, 2.24) is 14.9 Å². The molecule has 0 spiro atoms. The molecule has 36 heavy (non-hydrogen) atoms. The molecule has 1 atom stereocenters. The van der Waals surface area contributed by atoms with Gasteiger partial charge in [-0.05, 0) is 60.5 Å². The number of benzene rings is 3. The van der Waals surface area contributed by atoms with Crippen LogP contribution >= 0.6 is 36.6 Å². The van der Waals surface area contributed by atoms with Crippen molar-refractivity contribution in [1.29, 1.82) is 0 Å². The van der Waals surface area contributed by atoms with Crippen molar-refractivity contribution >= 4 is 64.4 Å². The van der Waals surface area contributed by atoms with Gasteiger partial charge in [0.2, 0.25) is 5.91 Å². The number of hydrogen-bond acceptors (Lipinski definition) is 7.